The molecule has 0 atom stereocenters. The molecule has 1 saturated carbocycles. The summed E-state index contributed by atoms with van der Waals surface area (Å²) in [5, 5.41) is 7.26. The van der Waals surface area contributed by atoms with Gasteiger partial charge in [0, 0.05) is 19.4 Å². The molecule has 1 amide bonds. The Morgan fingerprint density at radius 2 is 2.07 bits per heavy atom. The lowest BCUT2D eigenvalue weighted by atomic mass is 9.89. The van der Waals surface area contributed by atoms with Crippen LogP contribution in [0.5, 0.6) is 5.75 Å². The van der Waals surface area contributed by atoms with Gasteiger partial charge in [0.15, 0.2) is 5.82 Å². The van der Waals surface area contributed by atoms with E-state index in [0.717, 1.165) is 38.5 Å². The molecule has 1 aliphatic carbocycles. The van der Waals surface area contributed by atoms with Gasteiger partial charge in [-0.3, -0.25) is 4.79 Å². The Morgan fingerprint density at radius 3 is 2.74 bits per heavy atom. The van der Waals surface area contributed by atoms with Gasteiger partial charge in [0.1, 0.15) is 17.1 Å². The van der Waals surface area contributed by atoms with E-state index in [0.29, 0.717) is 36.9 Å². The average Bonchev–Trinajstić information content (AvgIpc) is 2.95. The highest BCUT2D eigenvalue weighted by atomic mass is 19.1. The predicted octanol–water partition coefficient (Wildman–Crippen LogP) is 4.04. The molecule has 0 radical (unpaired) electrons. The summed E-state index contributed by atoms with van der Waals surface area (Å²) in [4.78, 5) is 17.0. The summed E-state index contributed by atoms with van der Waals surface area (Å²) in [6.45, 7) is 2.11. The molecule has 2 aromatic rings. The number of halogens is 1. The second kappa shape index (κ2) is 8.97. The van der Waals surface area contributed by atoms with Gasteiger partial charge in [0.2, 0.25) is 11.8 Å². The molecule has 0 aliphatic heterocycles. The third-order valence-corrected chi connectivity index (χ3v) is 4.90. The summed E-state index contributed by atoms with van der Waals surface area (Å²) < 4.78 is 23.8. The van der Waals surface area contributed by atoms with Crippen molar-refractivity contribution in [1.29, 1.82) is 0 Å². The molecular formula is C20H26FN3O3. The van der Waals surface area contributed by atoms with Crippen LogP contribution >= 0.6 is 0 Å². The SMILES string of the molecule is Cc1nc(C2(NC(=O)CCCOc3cccc(F)c3)CCCCCC2)no1. The summed E-state index contributed by atoms with van der Waals surface area (Å²) in [5.41, 5.74) is -0.547. The summed E-state index contributed by atoms with van der Waals surface area (Å²) in [5.74, 6) is 1.16. The number of aryl methyl sites for hydroxylation is 1. The first-order valence-corrected chi connectivity index (χ1v) is 9.58. The van der Waals surface area contributed by atoms with E-state index in [4.69, 9.17) is 9.26 Å². The molecule has 0 unspecified atom stereocenters. The lowest BCUT2D eigenvalue weighted by Gasteiger charge is -2.30. The normalized spacial score (nSPS) is 16.5. The molecule has 0 spiro atoms. The molecule has 1 aromatic heterocycles. The number of nitrogens with one attached hydrogen (secondary N) is 1. The van der Waals surface area contributed by atoms with Crippen LogP contribution in [0.4, 0.5) is 4.39 Å². The Kier molecular flexibility index (Phi) is 6.42. The fraction of sp³-hybridized carbons (Fsp3) is 0.550. The van der Waals surface area contributed by atoms with Gasteiger partial charge in [-0.1, -0.05) is 36.9 Å². The maximum atomic E-state index is 13.1. The van der Waals surface area contributed by atoms with Gasteiger partial charge in [-0.05, 0) is 31.4 Å². The van der Waals surface area contributed by atoms with E-state index >= 15 is 0 Å². The van der Waals surface area contributed by atoms with Crippen molar-refractivity contribution in [3.8, 4) is 5.75 Å². The van der Waals surface area contributed by atoms with Crippen LogP contribution in [0.3, 0.4) is 0 Å². The van der Waals surface area contributed by atoms with Crippen LogP contribution < -0.4 is 10.1 Å². The van der Waals surface area contributed by atoms with Gasteiger partial charge in [0.25, 0.3) is 0 Å². The Labute approximate surface area is 158 Å². The van der Waals surface area contributed by atoms with Crippen molar-refractivity contribution in [2.75, 3.05) is 6.61 Å². The molecule has 0 bridgehead atoms. The van der Waals surface area contributed by atoms with Crippen molar-refractivity contribution < 1.29 is 18.4 Å². The van der Waals surface area contributed by atoms with Crippen LogP contribution in [0.15, 0.2) is 28.8 Å². The number of benzene rings is 1. The van der Waals surface area contributed by atoms with Crippen molar-refractivity contribution in [1.82, 2.24) is 15.5 Å². The van der Waals surface area contributed by atoms with Crippen molar-refractivity contribution in [3.05, 3.63) is 41.8 Å². The van der Waals surface area contributed by atoms with Crippen LogP contribution in [0.1, 0.15) is 63.1 Å². The number of carbonyl (C=O) groups is 1. The molecule has 0 saturated heterocycles. The number of hydrogen-bond donors (Lipinski definition) is 1. The number of hydrogen-bond acceptors (Lipinski definition) is 5. The topological polar surface area (TPSA) is 77.2 Å². The predicted molar refractivity (Wildman–Crippen MR) is 97.7 cm³/mol. The lowest BCUT2D eigenvalue weighted by molar-refractivity contribution is -0.123. The maximum Gasteiger partial charge on any atom is 0.223 e. The summed E-state index contributed by atoms with van der Waals surface area (Å²) >= 11 is 0. The Balaban J connectivity index is 1.54. The zero-order valence-electron chi connectivity index (χ0n) is 15.7. The van der Waals surface area contributed by atoms with Crippen LogP contribution in [0, 0.1) is 12.7 Å². The zero-order chi connectivity index (χ0) is 19.1. The monoisotopic (exact) mass is 375 g/mol. The van der Waals surface area contributed by atoms with Crippen LogP contribution in [0.25, 0.3) is 0 Å². The van der Waals surface area contributed by atoms with Crippen molar-refractivity contribution in [3.63, 3.8) is 0 Å². The first-order chi connectivity index (χ1) is 13.1. The third-order valence-electron chi connectivity index (χ3n) is 4.90. The van der Waals surface area contributed by atoms with E-state index < -0.39 is 5.54 Å². The van der Waals surface area contributed by atoms with Gasteiger partial charge >= 0.3 is 0 Å². The maximum absolute atomic E-state index is 13.1. The number of amides is 1. The van der Waals surface area contributed by atoms with E-state index in [2.05, 4.69) is 15.5 Å². The Hall–Kier alpha value is -2.44. The van der Waals surface area contributed by atoms with E-state index in [1.807, 2.05) is 0 Å². The number of nitrogens with zero attached hydrogens (tertiary/aromatic N) is 2. The van der Waals surface area contributed by atoms with E-state index in [1.165, 1.54) is 12.1 Å². The molecule has 7 heteroatoms. The molecular weight excluding hydrogens is 349 g/mol. The lowest BCUT2D eigenvalue weighted by Crippen LogP contribution is -2.46. The molecule has 146 valence electrons. The molecule has 1 aliphatic rings. The highest BCUT2D eigenvalue weighted by molar-refractivity contribution is 5.76. The van der Waals surface area contributed by atoms with E-state index in [1.54, 1.807) is 19.1 Å². The first kappa shape index (κ1) is 19.3. The highest BCUT2D eigenvalue weighted by Gasteiger charge is 2.38. The van der Waals surface area contributed by atoms with Crippen molar-refractivity contribution in [2.45, 2.75) is 63.8 Å². The quantitative estimate of drug-likeness (QED) is 0.584. The minimum Gasteiger partial charge on any atom is -0.493 e. The minimum atomic E-state index is -0.547. The molecule has 6 nitrogen and oxygen atoms in total. The standard InChI is InChI=1S/C20H26FN3O3/c1-15-22-19(24-27-15)20(11-4-2-3-5-12-20)23-18(25)10-7-13-26-17-9-6-8-16(21)14-17/h6,8-9,14H,2-5,7,10-13H2,1H3,(H,23,25). The molecule has 1 aromatic carbocycles. The summed E-state index contributed by atoms with van der Waals surface area (Å²) in [6, 6.07) is 5.99. The average molecular weight is 375 g/mol. The van der Waals surface area contributed by atoms with Crippen LogP contribution in [0.2, 0.25) is 0 Å². The first-order valence-electron chi connectivity index (χ1n) is 9.58. The van der Waals surface area contributed by atoms with Gasteiger partial charge in [0.05, 0.1) is 6.61 Å². The smallest absolute Gasteiger partial charge is 0.223 e. The van der Waals surface area contributed by atoms with E-state index in [-0.39, 0.29) is 11.7 Å². The van der Waals surface area contributed by atoms with E-state index in [9.17, 15) is 9.18 Å². The minimum absolute atomic E-state index is 0.0535. The number of aromatic nitrogens is 2. The number of rotatable bonds is 7. The molecule has 1 N–H and O–H groups in total. The fourth-order valence-corrected chi connectivity index (χ4v) is 3.54. The Morgan fingerprint density at radius 1 is 1.30 bits per heavy atom. The molecule has 1 heterocycles. The highest BCUT2D eigenvalue weighted by Crippen LogP contribution is 2.34. The summed E-state index contributed by atoms with van der Waals surface area (Å²) in [7, 11) is 0. The van der Waals surface area contributed by atoms with Gasteiger partial charge in [-0.25, -0.2) is 4.39 Å². The second-order valence-corrected chi connectivity index (χ2v) is 7.09. The van der Waals surface area contributed by atoms with Crippen LogP contribution in [-0.4, -0.2) is 22.7 Å². The molecule has 3 rings (SSSR count). The summed E-state index contributed by atoms with van der Waals surface area (Å²) in [6.07, 6.45) is 6.85. The van der Waals surface area contributed by atoms with Crippen molar-refractivity contribution in [2.24, 2.45) is 0 Å². The van der Waals surface area contributed by atoms with Gasteiger partial charge < -0.3 is 14.6 Å². The zero-order valence-corrected chi connectivity index (χ0v) is 15.7. The second-order valence-electron chi connectivity index (χ2n) is 7.09. The van der Waals surface area contributed by atoms with Crippen molar-refractivity contribution >= 4 is 5.91 Å². The van der Waals surface area contributed by atoms with Gasteiger partial charge in [-0.15, -0.1) is 0 Å². The largest absolute Gasteiger partial charge is 0.493 e. The Bertz CT molecular complexity index is 754. The fourth-order valence-electron chi connectivity index (χ4n) is 3.54. The third kappa shape index (κ3) is 5.28. The number of ether oxygens (including phenoxy) is 1. The number of carbonyl (C=O) groups excluding carboxylic acids is 1. The van der Waals surface area contributed by atoms with Crippen LogP contribution in [-0.2, 0) is 10.3 Å². The molecule has 27 heavy (non-hydrogen) atoms. The molecule has 1 fully saturated rings. The van der Waals surface area contributed by atoms with Gasteiger partial charge in [-0.2, -0.15) is 4.98 Å².